The molecule has 2 aliphatic heterocycles. The summed E-state index contributed by atoms with van der Waals surface area (Å²) < 4.78 is 12.2. The Morgan fingerprint density at radius 1 is 0.917 bits per heavy atom. The van der Waals surface area contributed by atoms with Crippen molar-refractivity contribution in [2.45, 2.75) is 20.5 Å². The lowest BCUT2D eigenvalue weighted by Crippen LogP contribution is -2.11. The molecule has 0 amide bonds. The lowest BCUT2D eigenvalue weighted by molar-refractivity contribution is 0.297. The van der Waals surface area contributed by atoms with Gasteiger partial charge in [-0.3, -0.25) is 0 Å². The molecule has 3 aromatic rings. The maximum absolute atomic E-state index is 6.22. The minimum Gasteiger partial charge on any atom is -0.488 e. The second-order valence-electron chi connectivity index (χ2n) is 6.54. The molecule has 2 heterocycles. The zero-order valence-electron chi connectivity index (χ0n) is 13.8. The van der Waals surface area contributed by atoms with Crippen molar-refractivity contribution >= 4 is 16.8 Å². The zero-order chi connectivity index (χ0) is 16.3. The molecule has 118 valence electrons. The fourth-order valence-corrected chi connectivity index (χ4v) is 3.87. The van der Waals surface area contributed by atoms with Crippen molar-refractivity contribution in [3.63, 3.8) is 0 Å². The van der Waals surface area contributed by atoms with E-state index < -0.39 is 0 Å². The average Bonchev–Trinajstić information content (AvgIpc) is 2.64. The molecule has 0 atom stereocenters. The van der Waals surface area contributed by atoms with Crippen LogP contribution in [0.3, 0.4) is 0 Å². The lowest BCUT2D eigenvalue weighted by atomic mass is 9.86. The molecule has 0 spiro atoms. The summed E-state index contributed by atoms with van der Waals surface area (Å²) in [6.07, 6.45) is 4.19. The van der Waals surface area contributed by atoms with E-state index in [4.69, 9.17) is 9.47 Å². The molecule has 2 heteroatoms. The summed E-state index contributed by atoms with van der Waals surface area (Å²) >= 11 is 0. The highest BCUT2D eigenvalue weighted by atomic mass is 16.5. The van der Waals surface area contributed by atoms with Gasteiger partial charge in [-0.25, -0.2) is 0 Å². The molecule has 0 radical (unpaired) electrons. The largest absolute Gasteiger partial charge is 0.488 e. The Morgan fingerprint density at radius 3 is 2.71 bits per heavy atom. The summed E-state index contributed by atoms with van der Waals surface area (Å²) in [5.74, 6) is 1.91. The first kappa shape index (κ1) is 13.7. The van der Waals surface area contributed by atoms with Crippen LogP contribution in [-0.4, -0.2) is 6.61 Å². The summed E-state index contributed by atoms with van der Waals surface area (Å²) in [6, 6.07) is 12.9. The first-order chi connectivity index (χ1) is 11.8. The smallest absolute Gasteiger partial charge is 0.139 e. The molecule has 0 aliphatic carbocycles. The number of hydrogen-bond acceptors (Lipinski definition) is 2. The predicted molar refractivity (Wildman–Crippen MR) is 97.7 cm³/mol. The predicted octanol–water partition coefficient (Wildman–Crippen LogP) is 5.42. The highest BCUT2D eigenvalue weighted by Gasteiger charge is 2.28. The van der Waals surface area contributed by atoms with Gasteiger partial charge in [-0.1, -0.05) is 36.4 Å². The van der Waals surface area contributed by atoms with E-state index in [-0.39, 0.29) is 0 Å². The SMILES string of the molecule is Cc1ccc2c3c(c4c(c2c1C)-c1ccccc1CO4)C=CCO3. The Labute approximate surface area is 141 Å². The van der Waals surface area contributed by atoms with Crippen molar-refractivity contribution in [3.05, 3.63) is 64.7 Å². The lowest BCUT2D eigenvalue weighted by Gasteiger charge is -2.28. The van der Waals surface area contributed by atoms with E-state index in [1.54, 1.807) is 0 Å². The number of hydrogen-bond donors (Lipinski definition) is 0. The minimum absolute atomic E-state index is 0.611. The van der Waals surface area contributed by atoms with Crippen molar-refractivity contribution < 1.29 is 9.47 Å². The van der Waals surface area contributed by atoms with Crippen molar-refractivity contribution in [3.8, 4) is 22.6 Å². The molecule has 0 saturated heterocycles. The molecule has 0 aromatic heterocycles. The molecule has 5 rings (SSSR count). The van der Waals surface area contributed by atoms with Crippen LogP contribution in [0.5, 0.6) is 11.5 Å². The third-order valence-electron chi connectivity index (χ3n) is 5.21. The molecule has 24 heavy (non-hydrogen) atoms. The fraction of sp³-hybridized carbons (Fsp3) is 0.182. The summed E-state index contributed by atoms with van der Waals surface area (Å²) in [4.78, 5) is 0. The second kappa shape index (κ2) is 4.88. The Hall–Kier alpha value is -2.74. The van der Waals surface area contributed by atoms with Gasteiger partial charge in [-0.2, -0.15) is 0 Å². The van der Waals surface area contributed by atoms with Crippen molar-refractivity contribution in [1.29, 1.82) is 0 Å². The molecule has 2 aliphatic rings. The van der Waals surface area contributed by atoms with Gasteiger partial charge < -0.3 is 9.47 Å². The standard InChI is InChI=1S/C22H18O2/c1-13-9-10-17-19(14(13)2)20-16-7-4-3-6-15(16)12-24-22(20)18-8-5-11-23-21(17)18/h3-10H,11-12H2,1-2H3. The van der Waals surface area contributed by atoms with E-state index in [0.29, 0.717) is 13.2 Å². The number of aryl methyl sites for hydroxylation is 2. The van der Waals surface area contributed by atoms with Crippen LogP contribution in [-0.2, 0) is 6.61 Å². The Kier molecular flexibility index (Phi) is 2.78. The first-order valence-corrected chi connectivity index (χ1v) is 8.36. The Bertz CT molecular complexity index is 1030. The molecule has 3 aromatic carbocycles. The van der Waals surface area contributed by atoms with E-state index in [0.717, 1.165) is 17.1 Å². The molecular formula is C22H18O2. The van der Waals surface area contributed by atoms with Crippen LogP contribution in [0.2, 0.25) is 0 Å². The topological polar surface area (TPSA) is 18.5 Å². The van der Waals surface area contributed by atoms with Gasteiger partial charge in [0.25, 0.3) is 0 Å². The normalized spacial score (nSPS) is 14.4. The Morgan fingerprint density at radius 2 is 1.79 bits per heavy atom. The number of ether oxygens (including phenoxy) is 2. The minimum atomic E-state index is 0.611. The number of benzene rings is 3. The maximum Gasteiger partial charge on any atom is 0.139 e. The number of fused-ring (bicyclic) bond motifs is 8. The molecule has 2 nitrogen and oxygen atoms in total. The van der Waals surface area contributed by atoms with Crippen molar-refractivity contribution in [2.75, 3.05) is 6.61 Å². The van der Waals surface area contributed by atoms with Crippen LogP contribution < -0.4 is 9.47 Å². The number of rotatable bonds is 0. The molecule has 0 unspecified atom stereocenters. The van der Waals surface area contributed by atoms with Crippen LogP contribution in [0.25, 0.3) is 28.0 Å². The van der Waals surface area contributed by atoms with Gasteiger partial charge in [0.2, 0.25) is 0 Å². The summed E-state index contributed by atoms with van der Waals surface area (Å²) in [5, 5.41) is 2.43. The molecule has 0 fully saturated rings. The van der Waals surface area contributed by atoms with Gasteiger partial charge in [-0.05, 0) is 48.3 Å². The van der Waals surface area contributed by atoms with Crippen LogP contribution in [0.1, 0.15) is 22.3 Å². The molecule has 0 N–H and O–H groups in total. The van der Waals surface area contributed by atoms with Gasteiger partial charge >= 0.3 is 0 Å². The van der Waals surface area contributed by atoms with E-state index in [9.17, 15) is 0 Å². The summed E-state index contributed by atoms with van der Waals surface area (Å²) in [6.45, 7) is 5.58. The first-order valence-electron chi connectivity index (χ1n) is 8.36. The highest BCUT2D eigenvalue weighted by Crippen LogP contribution is 2.51. The van der Waals surface area contributed by atoms with Gasteiger partial charge in [-0.15, -0.1) is 0 Å². The van der Waals surface area contributed by atoms with E-state index in [1.165, 1.54) is 38.6 Å². The van der Waals surface area contributed by atoms with Gasteiger partial charge in [0.1, 0.15) is 24.7 Å². The van der Waals surface area contributed by atoms with Crippen molar-refractivity contribution in [2.24, 2.45) is 0 Å². The highest BCUT2D eigenvalue weighted by molar-refractivity contribution is 6.09. The van der Waals surface area contributed by atoms with Crippen LogP contribution in [0.15, 0.2) is 42.5 Å². The van der Waals surface area contributed by atoms with Crippen LogP contribution in [0, 0.1) is 13.8 Å². The molecular weight excluding hydrogens is 296 g/mol. The zero-order valence-corrected chi connectivity index (χ0v) is 13.8. The average molecular weight is 314 g/mol. The van der Waals surface area contributed by atoms with Gasteiger partial charge in [0.05, 0.1) is 5.56 Å². The Balaban J connectivity index is 2.03. The third-order valence-corrected chi connectivity index (χ3v) is 5.21. The van der Waals surface area contributed by atoms with Gasteiger partial charge in [0, 0.05) is 16.3 Å². The van der Waals surface area contributed by atoms with Crippen LogP contribution in [0.4, 0.5) is 0 Å². The van der Waals surface area contributed by atoms with Crippen LogP contribution >= 0.6 is 0 Å². The van der Waals surface area contributed by atoms with Crippen molar-refractivity contribution in [1.82, 2.24) is 0 Å². The second-order valence-corrected chi connectivity index (χ2v) is 6.54. The molecule has 0 bridgehead atoms. The molecule has 0 saturated carbocycles. The third kappa shape index (κ3) is 1.71. The summed E-state index contributed by atoms with van der Waals surface area (Å²) in [7, 11) is 0. The monoisotopic (exact) mass is 314 g/mol. The maximum atomic E-state index is 6.22. The van der Waals surface area contributed by atoms with E-state index in [2.05, 4.69) is 62.4 Å². The van der Waals surface area contributed by atoms with Gasteiger partial charge in [0.15, 0.2) is 0 Å². The fourth-order valence-electron chi connectivity index (χ4n) is 3.87. The van der Waals surface area contributed by atoms with E-state index in [1.807, 2.05) is 0 Å². The summed E-state index contributed by atoms with van der Waals surface area (Å²) in [5.41, 5.74) is 7.39. The van der Waals surface area contributed by atoms with E-state index >= 15 is 0 Å². The quantitative estimate of drug-likeness (QED) is 0.551.